The van der Waals surface area contributed by atoms with Crippen LogP contribution in [-0.2, 0) is 11.2 Å². The number of likely N-dealkylation sites (N-methyl/N-ethyl adjacent to an activating group) is 1. The van der Waals surface area contributed by atoms with Gasteiger partial charge in [-0.05, 0) is 11.6 Å². The van der Waals surface area contributed by atoms with Crippen molar-refractivity contribution in [3.8, 4) is 0 Å². The molecule has 1 aromatic heterocycles. The van der Waals surface area contributed by atoms with Crippen molar-refractivity contribution >= 4 is 16.9 Å². The number of benzene rings is 1. The number of H-pyrrole nitrogens is 1. The number of carboxylic acids is 1. The molecule has 0 saturated carbocycles. The maximum absolute atomic E-state index is 11.2. The number of aliphatic carboxylic acids is 1. The lowest BCUT2D eigenvalue weighted by Crippen LogP contribution is -2.43. The number of aromatic amines is 1. The van der Waals surface area contributed by atoms with E-state index in [1.165, 1.54) is 0 Å². The molecule has 2 rings (SSSR count). The van der Waals surface area contributed by atoms with Gasteiger partial charge in [-0.25, -0.2) is 14.9 Å². The summed E-state index contributed by atoms with van der Waals surface area (Å²) in [5, 5.41) is 20.6. The van der Waals surface area contributed by atoms with Gasteiger partial charge < -0.3 is 10.1 Å². The number of para-hydroxylation sites is 1. The number of nitro groups is 1. The van der Waals surface area contributed by atoms with Crippen LogP contribution in [0, 0.1) is 10.1 Å². The van der Waals surface area contributed by atoms with E-state index < -0.39 is 17.0 Å². The summed E-state index contributed by atoms with van der Waals surface area (Å²) in [6, 6.07) is 6.22. The van der Waals surface area contributed by atoms with E-state index in [-0.39, 0.29) is 6.42 Å². The Kier molecular flexibility index (Phi) is 3.37. The first-order chi connectivity index (χ1) is 9.00. The molecule has 1 atom stereocenters. The summed E-state index contributed by atoms with van der Waals surface area (Å²) in [6.07, 6.45) is 1.76. The molecule has 1 aromatic carbocycles. The molecule has 0 bridgehead atoms. The summed E-state index contributed by atoms with van der Waals surface area (Å²) in [7, 11) is 1.16. The molecule has 0 aliphatic heterocycles. The normalized spacial score (nSPS) is 12.3. The van der Waals surface area contributed by atoms with Crippen LogP contribution in [0.15, 0.2) is 30.5 Å². The molecule has 19 heavy (non-hydrogen) atoms. The van der Waals surface area contributed by atoms with Crippen molar-refractivity contribution in [1.82, 2.24) is 9.99 Å². The highest BCUT2D eigenvalue weighted by Gasteiger charge is 2.30. The van der Waals surface area contributed by atoms with Crippen LogP contribution in [0.2, 0.25) is 0 Å². The van der Waals surface area contributed by atoms with Crippen LogP contribution < -0.4 is 0 Å². The SMILES string of the molecule is CN([C@@H](Cc1c[nH]c2ccccc12)C(=O)O)[N+](=O)[O-]. The number of hydrogen-bond acceptors (Lipinski definition) is 3. The van der Waals surface area contributed by atoms with Gasteiger partial charge in [0.25, 0.3) is 0 Å². The topological polar surface area (TPSA) is 99.5 Å². The maximum Gasteiger partial charge on any atom is 0.332 e. The first-order valence-corrected chi connectivity index (χ1v) is 5.65. The Bertz CT molecular complexity index is 622. The summed E-state index contributed by atoms with van der Waals surface area (Å²) in [6.45, 7) is 0. The fourth-order valence-corrected chi connectivity index (χ4v) is 2.00. The zero-order valence-electron chi connectivity index (χ0n) is 10.2. The number of fused-ring (bicyclic) bond motifs is 1. The molecule has 0 spiro atoms. The van der Waals surface area contributed by atoms with E-state index in [0.717, 1.165) is 23.5 Å². The molecule has 0 unspecified atom stereocenters. The van der Waals surface area contributed by atoms with Gasteiger partial charge in [-0.2, -0.15) is 0 Å². The van der Waals surface area contributed by atoms with Crippen molar-refractivity contribution in [1.29, 1.82) is 0 Å². The molecule has 0 radical (unpaired) electrons. The minimum Gasteiger partial charge on any atom is -0.480 e. The van der Waals surface area contributed by atoms with Gasteiger partial charge in [0.2, 0.25) is 0 Å². The highest BCUT2D eigenvalue weighted by molar-refractivity contribution is 5.84. The molecule has 0 fully saturated rings. The van der Waals surface area contributed by atoms with Crippen LogP contribution in [0.3, 0.4) is 0 Å². The monoisotopic (exact) mass is 263 g/mol. The Hall–Kier alpha value is -2.57. The van der Waals surface area contributed by atoms with Gasteiger partial charge in [-0.1, -0.05) is 18.2 Å². The van der Waals surface area contributed by atoms with Gasteiger partial charge in [0.1, 0.15) is 0 Å². The van der Waals surface area contributed by atoms with Crippen LogP contribution in [0.4, 0.5) is 0 Å². The van der Waals surface area contributed by atoms with Crippen LogP contribution >= 0.6 is 0 Å². The van der Waals surface area contributed by atoms with Gasteiger partial charge >= 0.3 is 5.97 Å². The summed E-state index contributed by atoms with van der Waals surface area (Å²) in [5.74, 6) is -1.22. The van der Waals surface area contributed by atoms with E-state index in [9.17, 15) is 14.9 Å². The molecule has 1 heterocycles. The predicted molar refractivity (Wildman–Crippen MR) is 68.2 cm³/mol. The third-order valence-corrected chi connectivity index (χ3v) is 3.08. The molecule has 7 heteroatoms. The smallest absolute Gasteiger partial charge is 0.332 e. The second-order valence-electron chi connectivity index (χ2n) is 4.23. The molecule has 0 saturated heterocycles. The van der Waals surface area contributed by atoms with E-state index in [4.69, 9.17) is 5.11 Å². The largest absolute Gasteiger partial charge is 0.480 e. The van der Waals surface area contributed by atoms with Gasteiger partial charge in [0, 0.05) is 23.5 Å². The second kappa shape index (κ2) is 4.97. The molecule has 2 N–H and O–H groups in total. The molecule has 0 aliphatic carbocycles. The fourth-order valence-electron chi connectivity index (χ4n) is 2.00. The van der Waals surface area contributed by atoms with E-state index in [1.807, 2.05) is 24.3 Å². The second-order valence-corrected chi connectivity index (χ2v) is 4.23. The van der Waals surface area contributed by atoms with Crippen LogP contribution in [0.5, 0.6) is 0 Å². The minimum atomic E-state index is -1.22. The van der Waals surface area contributed by atoms with Gasteiger partial charge in [0.05, 0.1) is 7.05 Å². The van der Waals surface area contributed by atoms with E-state index in [0.29, 0.717) is 5.01 Å². The number of rotatable bonds is 5. The molecule has 2 aromatic rings. The summed E-state index contributed by atoms with van der Waals surface area (Å²) in [4.78, 5) is 24.9. The van der Waals surface area contributed by atoms with Gasteiger partial charge in [-0.15, -0.1) is 5.01 Å². The van der Waals surface area contributed by atoms with E-state index >= 15 is 0 Å². The Morgan fingerprint density at radius 3 is 2.84 bits per heavy atom. The van der Waals surface area contributed by atoms with Gasteiger partial charge in [-0.3, -0.25) is 0 Å². The Balaban J connectivity index is 2.31. The lowest BCUT2D eigenvalue weighted by molar-refractivity contribution is -0.654. The lowest BCUT2D eigenvalue weighted by Gasteiger charge is -2.16. The number of hydrazine groups is 1. The molecular formula is C12H13N3O4. The van der Waals surface area contributed by atoms with Crippen molar-refractivity contribution < 1.29 is 14.9 Å². The van der Waals surface area contributed by atoms with E-state index in [1.54, 1.807) is 6.20 Å². The first kappa shape index (κ1) is 12.9. The molecule has 7 nitrogen and oxygen atoms in total. The summed E-state index contributed by atoms with van der Waals surface area (Å²) < 4.78 is 0. The Morgan fingerprint density at radius 2 is 2.21 bits per heavy atom. The first-order valence-electron chi connectivity index (χ1n) is 5.65. The fraction of sp³-hybridized carbons (Fsp3) is 0.250. The maximum atomic E-state index is 11.2. The molecule has 0 amide bonds. The average Bonchev–Trinajstić information content (AvgIpc) is 2.78. The Labute approximate surface area is 108 Å². The summed E-state index contributed by atoms with van der Waals surface area (Å²) in [5.41, 5.74) is 1.63. The molecule has 100 valence electrons. The number of nitrogens with one attached hydrogen (secondary N) is 1. The van der Waals surface area contributed by atoms with E-state index in [2.05, 4.69) is 4.98 Å². The summed E-state index contributed by atoms with van der Waals surface area (Å²) >= 11 is 0. The number of carboxylic acid groups (broad SMARTS) is 1. The molecule has 0 aliphatic rings. The van der Waals surface area contributed by atoms with Crippen molar-refractivity contribution in [3.63, 3.8) is 0 Å². The standard InChI is InChI=1S/C12H13N3O4/c1-14(15(18)19)11(12(16)17)6-8-7-13-10-5-3-2-4-9(8)10/h2-5,7,11,13H,6H2,1H3,(H,16,17)/t11-/m0/s1. The van der Waals surface area contributed by atoms with Crippen LogP contribution in [0.1, 0.15) is 5.56 Å². The average molecular weight is 263 g/mol. The zero-order chi connectivity index (χ0) is 14.0. The van der Waals surface area contributed by atoms with Crippen molar-refractivity contribution in [2.45, 2.75) is 12.5 Å². The van der Waals surface area contributed by atoms with Crippen molar-refractivity contribution in [3.05, 3.63) is 46.1 Å². The quantitative estimate of drug-likeness (QED) is 0.625. The van der Waals surface area contributed by atoms with Gasteiger partial charge in [0.15, 0.2) is 11.1 Å². The van der Waals surface area contributed by atoms with Crippen LogP contribution in [0.25, 0.3) is 10.9 Å². The predicted octanol–water partition coefficient (Wildman–Crippen LogP) is 1.29. The third kappa shape index (κ3) is 2.49. The minimum absolute atomic E-state index is 0.0663. The van der Waals surface area contributed by atoms with Crippen LogP contribution in [-0.4, -0.2) is 39.2 Å². The third-order valence-electron chi connectivity index (χ3n) is 3.08. The Morgan fingerprint density at radius 1 is 1.53 bits per heavy atom. The molecular weight excluding hydrogens is 250 g/mol. The van der Waals surface area contributed by atoms with Crippen molar-refractivity contribution in [2.75, 3.05) is 7.05 Å². The lowest BCUT2D eigenvalue weighted by atomic mass is 10.1. The zero-order valence-corrected chi connectivity index (χ0v) is 10.2. The number of hydrogen-bond donors (Lipinski definition) is 2. The highest BCUT2D eigenvalue weighted by atomic mass is 16.7. The van der Waals surface area contributed by atoms with Crippen molar-refractivity contribution in [2.24, 2.45) is 0 Å². The highest BCUT2D eigenvalue weighted by Crippen LogP contribution is 2.20. The number of carbonyl (C=O) groups is 1. The number of nitrogens with zero attached hydrogens (tertiary/aromatic N) is 2. The number of aromatic nitrogens is 1.